The molecule has 2 rings (SSSR count). The van der Waals surface area contributed by atoms with Crippen molar-refractivity contribution in [2.75, 3.05) is 19.0 Å². The zero-order valence-corrected chi connectivity index (χ0v) is 16.4. The van der Waals surface area contributed by atoms with E-state index < -0.39 is 0 Å². The highest BCUT2D eigenvalue weighted by Gasteiger charge is 2.20. The van der Waals surface area contributed by atoms with E-state index in [4.69, 9.17) is 10.5 Å². The molecular weight excluding hydrogens is 420 g/mol. The summed E-state index contributed by atoms with van der Waals surface area (Å²) >= 11 is 0. The lowest BCUT2D eigenvalue weighted by Gasteiger charge is -2.23. The highest BCUT2D eigenvalue weighted by atomic mass is 127. The van der Waals surface area contributed by atoms with Crippen molar-refractivity contribution in [1.29, 1.82) is 0 Å². The van der Waals surface area contributed by atoms with Gasteiger partial charge in [0.2, 0.25) is 0 Å². The zero-order chi connectivity index (χ0) is 16.9. The lowest BCUT2D eigenvalue weighted by Crippen LogP contribution is -2.27. The number of ether oxygens (including phenoxy) is 1. The molecule has 2 aromatic carbocycles. The van der Waals surface area contributed by atoms with Crippen molar-refractivity contribution >= 4 is 35.6 Å². The van der Waals surface area contributed by atoms with Gasteiger partial charge in [-0.05, 0) is 42.0 Å². The minimum Gasteiger partial charge on any atom is -0.497 e. The third kappa shape index (κ3) is 5.67. The number of hydrogen-bond acceptors (Lipinski definition) is 2. The Morgan fingerprint density at radius 2 is 1.88 bits per heavy atom. The fraction of sp³-hybridized carbons (Fsp3) is 0.278. The number of rotatable bonds is 5. The molecule has 2 aromatic rings. The second-order valence-corrected chi connectivity index (χ2v) is 5.95. The Bertz CT molecular complexity index is 687. The van der Waals surface area contributed by atoms with Gasteiger partial charge in [-0.1, -0.05) is 26.0 Å². The third-order valence-electron chi connectivity index (χ3n) is 3.61. The van der Waals surface area contributed by atoms with Crippen molar-refractivity contribution in [2.45, 2.75) is 19.3 Å². The molecule has 0 amide bonds. The molecule has 0 aliphatic carbocycles. The quantitative estimate of drug-likeness (QED) is 0.415. The Balaban J connectivity index is 0.00000288. The van der Waals surface area contributed by atoms with E-state index in [-0.39, 0.29) is 35.2 Å². The number of hydrogen-bond donors (Lipinski definition) is 2. The summed E-state index contributed by atoms with van der Waals surface area (Å²) in [6, 6.07) is 14.0. The molecule has 0 saturated carbocycles. The van der Waals surface area contributed by atoms with Crippen molar-refractivity contribution in [3.05, 3.63) is 59.9 Å². The number of nitrogens with zero attached hydrogens (tertiary/aromatic N) is 1. The Morgan fingerprint density at radius 3 is 2.46 bits per heavy atom. The van der Waals surface area contributed by atoms with Crippen LogP contribution in [-0.4, -0.2) is 19.6 Å². The lowest BCUT2D eigenvalue weighted by molar-refractivity contribution is 0.415. The van der Waals surface area contributed by atoms with E-state index in [1.54, 1.807) is 13.2 Å². The normalized spacial score (nSPS) is 11.6. The van der Waals surface area contributed by atoms with Gasteiger partial charge in [0.1, 0.15) is 11.6 Å². The maximum absolute atomic E-state index is 13.4. The van der Waals surface area contributed by atoms with Gasteiger partial charge in [-0.15, -0.1) is 24.0 Å². The average molecular weight is 443 g/mol. The molecule has 6 heteroatoms. The first kappa shape index (κ1) is 20.2. The van der Waals surface area contributed by atoms with Gasteiger partial charge >= 0.3 is 0 Å². The molecule has 0 spiro atoms. The van der Waals surface area contributed by atoms with Crippen LogP contribution in [0.25, 0.3) is 0 Å². The zero-order valence-electron chi connectivity index (χ0n) is 14.0. The first-order chi connectivity index (χ1) is 10.9. The summed E-state index contributed by atoms with van der Waals surface area (Å²) in [5, 5.41) is 3.03. The van der Waals surface area contributed by atoms with Crippen LogP contribution < -0.4 is 15.8 Å². The summed E-state index contributed by atoms with van der Waals surface area (Å²) in [6.45, 7) is 4.46. The Morgan fingerprint density at radius 1 is 1.21 bits per heavy atom. The Hall–Kier alpha value is -1.83. The maximum Gasteiger partial charge on any atom is 0.193 e. The van der Waals surface area contributed by atoms with Gasteiger partial charge in [-0.2, -0.15) is 0 Å². The number of methoxy groups -OCH3 is 1. The largest absolute Gasteiger partial charge is 0.497 e. The number of nitrogens with one attached hydrogen (secondary N) is 1. The standard InChI is InChI=1S/C18H22FN3O.HI/c1-18(2,13-5-4-6-14(19)11-13)12-21-17(20)22-15-7-9-16(23-3)10-8-15;/h4-11H,12H2,1-3H3,(H3,20,21,22);1H. The maximum atomic E-state index is 13.4. The fourth-order valence-corrected chi connectivity index (χ4v) is 2.15. The fourth-order valence-electron chi connectivity index (χ4n) is 2.15. The molecule has 130 valence electrons. The summed E-state index contributed by atoms with van der Waals surface area (Å²) in [6.07, 6.45) is 0. The topological polar surface area (TPSA) is 59.6 Å². The van der Waals surface area contributed by atoms with Crippen LogP contribution in [0, 0.1) is 5.82 Å². The van der Waals surface area contributed by atoms with Crippen LogP contribution in [0.1, 0.15) is 19.4 Å². The molecule has 3 N–H and O–H groups in total. The third-order valence-corrected chi connectivity index (χ3v) is 3.61. The molecule has 4 nitrogen and oxygen atoms in total. The van der Waals surface area contributed by atoms with E-state index in [9.17, 15) is 4.39 Å². The molecule has 0 fully saturated rings. The van der Waals surface area contributed by atoms with E-state index in [0.717, 1.165) is 17.0 Å². The lowest BCUT2D eigenvalue weighted by atomic mass is 9.85. The van der Waals surface area contributed by atoms with Crippen molar-refractivity contribution in [2.24, 2.45) is 10.7 Å². The number of nitrogens with two attached hydrogens (primary N) is 1. The van der Waals surface area contributed by atoms with E-state index >= 15 is 0 Å². The smallest absolute Gasteiger partial charge is 0.193 e. The summed E-state index contributed by atoms with van der Waals surface area (Å²) in [7, 11) is 1.62. The van der Waals surface area contributed by atoms with Crippen molar-refractivity contribution < 1.29 is 9.13 Å². The second-order valence-electron chi connectivity index (χ2n) is 5.95. The molecular formula is C18H23FIN3O. The highest BCUT2D eigenvalue weighted by molar-refractivity contribution is 14.0. The van der Waals surface area contributed by atoms with Gasteiger partial charge in [0.25, 0.3) is 0 Å². The summed E-state index contributed by atoms with van der Waals surface area (Å²) < 4.78 is 18.5. The number of aliphatic imine (C=N–C) groups is 1. The van der Waals surface area contributed by atoms with Gasteiger partial charge in [0, 0.05) is 11.1 Å². The molecule has 0 aliphatic rings. The monoisotopic (exact) mass is 443 g/mol. The van der Waals surface area contributed by atoms with Crippen LogP contribution >= 0.6 is 24.0 Å². The molecule has 0 unspecified atom stereocenters. The van der Waals surface area contributed by atoms with Crippen molar-refractivity contribution in [1.82, 2.24) is 0 Å². The molecule has 0 saturated heterocycles. The molecule has 0 bridgehead atoms. The van der Waals surface area contributed by atoms with E-state index in [0.29, 0.717) is 12.5 Å². The first-order valence-electron chi connectivity index (χ1n) is 7.38. The molecule has 0 radical (unpaired) electrons. The molecule has 0 atom stereocenters. The van der Waals surface area contributed by atoms with E-state index in [2.05, 4.69) is 10.3 Å². The number of halogens is 2. The van der Waals surface area contributed by atoms with Crippen LogP contribution in [0.5, 0.6) is 5.75 Å². The van der Waals surface area contributed by atoms with Crippen molar-refractivity contribution in [3.8, 4) is 5.75 Å². The van der Waals surface area contributed by atoms with Crippen molar-refractivity contribution in [3.63, 3.8) is 0 Å². The number of anilines is 1. The van der Waals surface area contributed by atoms with Crippen LogP contribution in [0.4, 0.5) is 10.1 Å². The van der Waals surface area contributed by atoms with Gasteiger partial charge in [0.15, 0.2) is 5.96 Å². The molecule has 0 heterocycles. The minimum absolute atomic E-state index is 0. The minimum atomic E-state index is -0.311. The van der Waals surface area contributed by atoms with Gasteiger partial charge in [0.05, 0.1) is 13.7 Å². The highest BCUT2D eigenvalue weighted by Crippen LogP contribution is 2.24. The Labute approximate surface area is 159 Å². The summed E-state index contributed by atoms with van der Waals surface area (Å²) in [5.74, 6) is 0.849. The van der Waals surface area contributed by atoms with Crippen LogP contribution in [0.2, 0.25) is 0 Å². The SMILES string of the molecule is COc1ccc(NC(N)=NCC(C)(C)c2cccc(F)c2)cc1.I. The molecule has 24 heavy (non-hydrogen) atoms. The van der Waals surface area contributed by atoms with Crippen LogP contribution in [-0.2, 0) is 5.41 Å². The van der Waals surface area contributed by atoms with Crippen LogP contribution in [0.15, 0.2) is 53.5 Å². The predicted molar refractivity (Wildman–Crippen MR) is 108 cm³/mol. The average Bonchev–Trinajstić information content (AvgIpc) is 2.54. The molecule has 0 aromatic heterocycles. The van der Waals surface area contributed by atoms with E-state index in [1.165, 1.54) is 12.1 Å². The van der Waals surface area contributed by atoms with Gasteiger partial charge in [-0.3, -0.25) is 4.99 Å². The summed E-state index contributed by atoms with van der Waals surface area (Å²) in [4.78, 5) is 4.37. The predicted octanol–water partition coefficient (Wildman–Crippen LogP) is 4.16. The van der Waals surface area contributed by atoms with Gasteiger partial charge < -0.3 is 15.8 Å². The van der Waals surface area contributed by atoms with Gasteiger partial charge in [-0.25, -0.2) is 4.39 Å². The van der Waals surface area contributed by atoms with Crippen LogP contribution in [0.3, 0.4) is 0 Å². The number of guanidine groups is 1. The first-order valence-corrected chi connectivity index (χ1v) is 7.38. The second kappa shape index (κ2) is 8.86. The Kier molecular flexibility index (Phi) is 7.47. The molecule has 0 aliphatic heterocycles. The summed E-state index contributed by atoms with van der Waals surface area (Å²) in [5.41, 5.74) is 7.33. The number of benzene rings is 2. The van der Waals surface area contributed by atoms with E-state index in [1.807, 2.05) is 44.2 Å².